The molecule has 4 aromatic carbocycles. The van der Waals surface area contributed by atoms with Crippen LogP contribution in [0.2, 0.25) is 0 Å². The molecular formula is C46H55N9O3. The summed E-state index contributed by atoms with van der Waals surface area (Å²) in [5.41, 5.74) is 13.2. The van der Waals surface area contributed by atoms with Gasteiger partial charge in [0.05, 0.1) is 0 Å². The number of nitrogens with two attached hydrogens (primary N) is 1. The van der Waals surface area contributed by atoms with Gasteiger partial charge in [-0.25, -0.2) is 5.10 Å². The van der Waals surface area contributed by atoms with Crippen molar-refractivity contribution in [2.75, 3.05) is 18.9 Å². The Kier molecular flexibility index (Phi) is 13.4. The topological polar surface area (TPSA) is 171 Å². The van der Waals surface area contributed by atoms with Gasteiger partial charge in [-0.3, -0.25) is 19.3 Å². The number of aromatic nitrogens is 4. The van der Waals surface area contributed by atoms with Gasteiger partial charge in [0, 0.05) is 47.8 Å². The molecule has 2 aliphatic carbocycles. The van der Waals surface area contributed by atoms with Crippen molar-refractivity contribution < 1.29 is 14.4 Å². The van der Waals surface area contributed by atoms with Crippen molar-refractivity contribution in [3.8, 4) is 22.5 Å². The summed E-state index contributed by atoms with van der Waals surface area (Å²) in [7, 11) is 2.20. The minimum absolute atomic E-state index is 0.0343. The molecule has 0 radical (unpaired) electrons. The molecule has 2 aliphatic rings. The molecule has 6 N–H and O–H groups in total. The standard InChI is InChI=1S/C46H55N9O3/c1-30-26-37(45(57)48-39-21-23-40(24-22-39)55(2)29-33-6-4-3-5-7-33)18-25-41(30)34-12-8-31(9-13-34)27-42(50-44(56)36-14-10-32(28-47)11-15-36)46(58)49-38-19-16-35(17-20-38)43-51-53-54-52-43/h3-9,12-13,16-20,25-26,32,36,39-40,42H,10-11,14-15,21-24,27-29,47H2,1-2H3,(H,48,57)(H,49,58)(H,50,56)(H,51,52,53,54)/t32-,36-,39?,40?,42-/m0/s1. The van der Waals surface area contributed by atoms with Crippen LogP contribution in [0.4, 0.5) is 5.69 Å². The fourth-order valence-electron chi connectivity index (χ4n) is 8.50. The van der Waals surface area contributed by atoms with Crippen molar-refractivity contribution in [1.82, 2.24) is 36.2 Å². The summed E-state index contributed by atoms with van der Waals surface area (Å²) < 4.78 is 0. The lowest BCUT2D eigenvalue weighted by Gasteiger charge is -2.35. The van der Waals surface area contributed by atoms with Gasteiger partial charge < -0.3 is 21.7 Å². The van der Waals surface area contributed by atoms with Gasteiger partial charge in [0.25, 0.3) is 5.91 Å². The minimum atomic E-state index is -0.784. The van der Waals surface area contributed by atoms with Crippen molar-refractivity contribution in [1.29, 1.82) is 0 Å². The average molecular weight is 782 g/mol. The SMILES string of the molecule is Cc1cc(C(=O)NC2CCC(N(C)Cc3ccccc3)CC2)ccc1-c1ccc(C[C@H](NC(=O)[C@H]2CC[C@H](CN)CC2)C(=O)Nc2ccc(-c3nnn[nH]3)cc2)cc1. The highest BCUT2D eigenvalue weighted by atomic mass is 16.2. The van der Waals surface area contributed by atoms with E-state index in [2.05, 4.69) is 78.9 Å². The molecule has 12 nitrogen and oxygen atoms in total. The molecule has 58 heavy (non-hydrogen) atoms. The van der Waals surface area contributed by atoms with E-state index < -0.39 is 6.04 Å². The van der Waals surface area contributed by atoms with Crippen LogP contribution in [-0.2, 0) is 22.6 Å². The van der Waals surface area contributed by atoms with E-state index in [4.69, 9.17) is 5.73 Å². The number of benzene rings is 4. The molecule has 1 heterocycles. The maximum Gasteiger partial charge on any atom is 0.251 e. The number of anilines is 1. The first-order valence-corrected chi connectivity index (χ1v) is 20.6. The van der Waals surface area contributed by atoms with Crippen LogP contribution in [-0.4, -0.2) is 75.0 Å². The molecule has 3 amide bonds. The van der Waals surface area contributed by atoms with Crippen molar-refractivity contribution in [2.24, 2.45) is 17.6 Å². The summed E-state index contributed by atoms with van der Waals surface area (Å²) in [5, 5.41) is 23.3. The number of hydrogen-bond acceptors (Lipinski definition) is 8. The second-order valence-electron chi connectivity index (χ2n) is 16.1. The highest BCUT2D eigenvalue weighted by Gasteiger charge is 2.30. The first-order chi connectivity index (χ1) is 28.2. The predicted molar refractivity (Wildman–Crippen MR) is 226 cm³/mol. The molecule has 1 atom stereocenters. The summed E-state index contributed by atoms with van der Waals surface area (Å²) in [6.07, 6.45) is 7.75. The third-order valence-electron chi connectivity index (χ3n) is 12.1. The molecule has 0 aliphatic heterocycles. The number of nitrogens with one attached hydrogen (secondary N) is 4. The molecule has 1 aromatic heterocycles. The summed E-state index contributed by atoms with van der Waals surface area (Å²) in [5.74, 6) is 0.403. The van der Waals surface area contributed by atoms with Gasteiger partial charge in [-0.15, -0.1) is 5.10 Å². The lowest BCUT2D eigenvalue weighted by molar-refractivity contribution is -0.130. The van der Waals surface area contributed by atoms with E-state index in [1.54, 1.807) is 12.1 Å². The average Bonchev–Trinajstić information content (AvgIpc) is 3.80. The zero-order chi connectivity index (χ0) is 40.4. The van der Waals surface area contributed by atoms with Gasteiger partial charge in [-0.2, -0.15) is 0 Å². The van der Waals surface area contributed by atoms with Crippen LogP contribution in [0, 0.1) is 18.8 Å². The number of aryl methyl sites for hydroxylation is 1. The number of carbonyl (C=O) groups is 3. The van der Waals surface area contributed by atoms with Crippen molar-refractivity contribution >= 4 is 23.4 Å². The fraction of sp³-hybridized carbons (Fsp3) is 0.391. The fourth-order valence-corrected chi connectivity index (χ4v) is 8.50. The molecule has 12 heteroatoms. The van der Waals surface area contributed by atoms with Gasteiger partial charge in [0.15, 0.2) is 5.82 Å². The van der Waals surface area contributed by atoms with E-state index in [1.807, 2.05) is 61.5 Å². The number of rotatable bonds is 14. The maximum absolute atomic E-state index is 13.8. The summed E-state index contributed by atoms with van der Waals surface area (Å²) >= 11 is 0. The summed E-state index contributed by atoms with van der Waals surface area (Å²) in [4.78, 5) is 43.1. The lowest BCUT2D eigenvalue weighted by Crippen LogP contribution is -2.48. The van der Waals surface area contributed by atoms with Gasteiger partial charge in [0.2, 0.25) is 11.8 Å². The van der Waals surface area contributed by atoms with Crippen LogP contribution in [0.3, 0.4) is 0 Å². The van der Waals surface area contributed by atoms with Gasteiger partial charge >= 0.3 is 0 Å². The van der Waals surface area contributed by atoms with Crippen LogP contribution in [0.5, 0.6) is 0 Å². The Morgan fingerprint density at radius 2 is 1.53 bits per heavy atom. The Balaban J connectivity index is 0.962. The Bertz CT molecular complexity index is 2110. The monoisotopic (exact) mass is 781 g/mol. The Morgan fingerprint density at radius 1 is 0.828 bits per heavy atom. The molecule has 0 spiro atoms. The van der Waals surface area contributed by atoms with E-state index in [-0.39, 0.29) is 29.7 Å². The van der Waals surface area contributed by atoms with Crippen LogP contribution in [0.1, 0.15) is 78.4 Å². The van der Waals surface area contributed by atoms with E-state index in [9.17, 15) is 14.4 Å². The van der Waals surface area contributed by atoms with Gasteiger partial charge in [-0.1, -0.05) is 60.7 Å². The Labute approximate surface area is 340 Å². The third kappa shape index (κ3) is 10.4. The van der Waals surface area contributed by atoms with Gasteiger partial charge in [0.1, 0.15) is 6.04 Å². The summed E-state index contributed by atoms with van der Waals surface area (Å²) in [6.45, 7) is 3.60. The number of H-pyrrole nitrogens is 1. The van der Waals surface area contributed by atoms with Crippen LogP contribution in [0.15, 0.2) is 97.1 Å². The molecule has 5 aromatic rings. The smallest absolute Gasteiger partial charge is 0.251 e. The van der Waals surface area contributed by atoms with E-state index >= 15 is 0 Å². The maximum atomic E-state index is 13.8. The number of hydrogen-bond donors (Lipinski definition) is 5. The number of aromatic amines is 1. The molecule has 302 valence electrons. The quantitative estimate of drug-likeness (QED) is 0.0857. The Morgan fingerprint density at radius 3 is 2.19 bits per heavy atom. The molecule has 7 rings (SSSR count). The zero-order valence-electron chi connectivity index (χ0n) is 33.5. The highest BCUT2D eigenvalue weighted by molar-refractivity contribution is 5.98. The van der Waals surface area contributed by atoms with Gasteiger partial charge in [-0.05, 0) is 152 Å². The number of nitrogens with zero attached hydrogens (tertiary/aromatic N) is 4. The normalized spacial score (nSPS) is 19.9. The van der Waals surface area contributed by atoms with Crippen molar-refractivity contribution in [2.45, 2.75) is 89.4 Å². The molecule has 2 saturated carbocycles. The zero-order valence-corrected chi connectivity index (χ0v) is 33.5. The van der Waals surface area contributed by atoms with Crippen LogP contribution >= 0.6 is 0 Å². The van der Waals surface area contributed by atoms with E-state index in [1.165, 1.54) is 5.56 Å². The number of tetrazole rings is 1. The third-order valence-corrected chi connectivity index (χ3v) is 12.1. The summed E-state index contributed by atoms with van der Waals surface area (Å²) in [6, 6.07) is 31.6. The first-order valence-electron chi connectivity index (χ1n) is 20.6. The highest BCUT2D eigenvalue weighted by Crippen LogP contribution is 2.30. The predicted octanol–water partition coefficient (Wildman–Crippen LogP) is 6.45. The molecule has 0 saturated heterocycles. The van der Waals surface area contributed by atoms with E-state index in [0.29, 0.717) is 42.0 Å². The lowest BCUT2D eigenvalue weighted by atomic mass is 9.81. The Hall–Kier alpha value is -5.72. The minimum Gasteiger partial charge on any atom is -0.349 e. The van der Waals surface area contributed by atoms with Crippen molar-refractivity contribution in [3.63, 3.8) is 0 Å². The van der Waals surface area contributed by atoms with Crippen LogP contribution in [0.25, 0.3) is 22.5 Å². The molecule has 0 unspecified atom stereocenters. The molecule has 2 fully saturated rings. The largest absolute Gasteiger partial charge is 0.349 e. The second kappa shape index (κ2) is 19.1. The van der Waals surface area contributed by atoms with Crippen LogP contribution < -0.4 is 21.7 Å². The second-order valence-corrected chi connectivity index (χ2v) is 16.1. The number of carbonyl (C=O) groups excluding carboxylic acids is 3. The molecular weight excluding hydrogens is 727 g/mol. The van der Waals surface area contributed by atoms with E-state index in [0.717, 1.165) is 85.7 Å². The van der Waals surface area contributed by atoms with Crippen molar-refractivity contribution in [3.05, 3.63) is 119 Å². The molecule has 0 bridgehead atoms. The number of amides is 3. The first kappa shape index (κ1) is 40.5.